The van der Waals surface area contributed by atoms with Gasteiger partial charge in [-0.1, -0.05) is 13.0 Å². The number of amides is 1. The fourth-order valence-electron chi connectivity index (χ4n) is 3.31. The van der Waals surface area contributed by atoms with Crippen LogP contribution in [-0.4, -0.2) is 24.6 Å². The summed E-state index contributed by atoms with van der Waals surface area (Å²) in [5.41, 5.74) is 5.30. The van der Waals surface area contributed by atoms with Crippen molar-refractivity contribution in [2.45, 2.75) is 45.7 Å². The van der Waals surface area contributed by atoms with Crippen LogP contribution in [0.3, 0.4) is 0 Å². The molecule has 0 unspecified atom stereocenters. The van der Waals surface area contributed by atoms with Gasteiger partial charge in [-0.15, -0.1) is 0 Å². The molecule has 0 radical (unpaired) electrons. The van der Waals surface area contributed by atoms with Crippen LogP contribution in [0.2, 0.25) is 0 Å². The summed E-state index contributed by atoms with van der Waals surface area (Å²) in [4.78, 5) is 14.4. The molecule has 0 bridgehead atoms. The zero-order chi connectivity index (χ0) is 16.5. The Balaban J connectivity index is 2.64. The van der Waals surface area contributed by atoms with Gasteiger partial charge < -0.3 is 9.64 Å². The summed E-state index contributed by atoms with van der Waals surface area (Å²) in [6.07, 6.45) is 2.85. The number of ether oxygens (including phenoxy) is 1. The van der Waals surface area contributed by atoms with E-state index in [1.165, 1.54) is 5.57 Å². The number of allylic oxidation sites excluding steroid dienone is 1. The van der Waals surface area contributed by atoms with Crippen LogP contribution in [0.15, 0.2) is 24.3 Å². The number of rotatable bonds is 4. The summed E-state index contributed by atoms with van der Waals surface area (Å²) in [6.45, 7) is 8.28. The van der Waals surface area contributed by atoms with E-state index in [0.29, 0.717) is 6.42 Å². The first kappa shape index (κ1) is 16.4. The zero-order valence-corrected chi connectivity index (χ0v) is 13.9. The molecule has 120 valence electrons. The molecule has 0 saturated heterocycles. The van der Waals surface area contributed by atoms with Crippen LogP contribution in [0.5, 0.6) is 5.75 Å². The van der Waals surface area contributed by atoms with E-state index in [-0.39, 0.29) is 17.5 Å². The Labute approximate surface area is 132 Å². The maximum atomic E-state index is 12.2. The van der Waals surface area contributed by atoms with Gasteiger partial charge in [0.2, 0.25) is 0 Å². The maximum absolute atomic E-state index is 12.2. The molecule has 5 nitrogen and oxygen atoms in total. The number of methoxy groups -OCH3 is 1. The number of hydrogen-bond donors (Lipinski definition) is 2. The molecule has 1 aliphatic heterocycles. The van der Waals surface area contributed by atoms with Gasteiger partial charge in [0.15, 0.2) is 0 Å². The molecule has 0 aliphatic carbocycles. The second-order valence-electron chi connectivity index (χ2n) is 6.17. The third-order valence-electron chi connectivity index (χ3n) is 4.22. The van der Waals surface area contributed by atoms with Gasteiger partial charge >= 0.3 is 0 Å². The first-order chi connectivity index (χ1) is 10.4. The molecule has 22 heavy (non-hydrogen) atoms. The topological polar surface area (TPSA) is 67.6 Å². The lowest BCUT2D eigenvalue weighted by molar-refractivity contribution is -0.122. The molecule has 1 aliphatic rings. The highest BCUT2D eigenvalue weighted by molar-refractivity contribution is 5.90. The van der Waals surface area contributed by atoms with Crippen molar-refractivity contribution in [3.63, 3.8) is 0 Å². The molecule has 0 aromatic heterocycles. The van der Waals surface area contributed by atoms with E-state index in [2.05, 4.69) is 37.2 Å². The largest absolute Gasteiger partial charge is 0.497 e. The number of fused-ring (bicyclic) bond motifs is 1. The van der Waals surface area contributed by atoms with Gasteiger partial charge in [0.25, 0.3) is 5.91 Å². The second kappa shape index (κ2) is 6.01. The van der Waals surface area contributed by atoms with Gasteiger partial charge in [0, 0.05) is 17.3 Å². The Hall–Kier alpha value is -2.01. The highest BCUT2D eigenvalue weighted by atomic mass is 16.5. The van der Waals surface area contributed by atoms with Crippen molar-refractivity contribution in [2.24, 2.45) is 5.84 Å². The molecule has 1 aromatic carbocycles. The molecule has 0 fully saturated rings. The normalized spacial score (nSPS) is 17.4. The SMILES string of the molecule is CC[C@H](C(=O)NN)N1c2cc(OC)ccc2C(C)=CC1(C)C. The van der Waals surface area contributed by atoms with E-state index in [1.54, 1.807) is 7.11 Å². The van der Waals surface area contributed by atoms with Crippen molar-refractivity contribution in [3.8, 4) is 5.75 Å². The van der Waals surface area contributed by atoms with Crippen LogP contribution >= 0.6 is 0 Å². The lowest BCUT2D eigenvalue weighted by Gasteiger charge is -2.47. The maximum Gasteiger partial charge on any atom is 0.256 e. The fraction of sp³-hybridized carbons (Fsp3) is 0.471. The average Bonchev–Trinajstić information content (AvgIpc) is 2.49. The number of benzene rings is 1. The first-order valence-electron chi connectivity index (χ1n) is 7.53. The minimum atomic E-state index is -0.338. The molecule has 1 amide bonds. The van der Waals surface area contributed by atoms with Gasteiger partial charge in [-0.3, -0.25) is 10.2 Å². The number of nitrogens with zero attached hydrogens (tertiary/aromatic N) is 1. The van der Waals surface area contributed by atoms with E-state index in [1.807, 2.05) is 25.1 Å². The second-order valence-corrected chi connectivity index (χ2v) is 6.17. The number of nitrogens with one attached hydrogen (secondary N) is 1. The van der Waals surface area contributed by atoms with Crippen molar-refractivity contribution >= 4 is 17.2 Å². The van der Waals surface area contributed by atoms with Gasteiger partial charge in [-0.2, -0.15) is 0 Å². The van der Waals surface area contributed by atoms with Crippen LogP contribution in [0, 0.1) is 0 Å². The van der Waals surface area contributed by atoms with E-state index < -0.39 is 0 Å². The third-order valence-corrected chi connectivity index (χ3v) is 4.22. The number of hydrazine groups is 1. The Morgan fingerprint density at radius 2 is 2.14 bits per heavy atom. The molecule has 1 aromatic rings. The lowest BCUT2D eigenvalue weighted by atomic mass is 9.86. The Morgan fingerprint density at radius 1 is 1.45 bits per heavy atom. The molecule has 2 rings (SSSR count). The van der Waals surface area contributed by atoms with Crippen LogP contribution in [0.4, 0.5) is 5.69 Å². The first-order valence-corrected chi connectivity index (χ1v) is 7.53. The lowest BCUT2D eigenvalue weighted by Crippen LogP contribution is -2.57. The Morgan fingerprint density at radius 3 is 2.68 bits per heavy atom. The molecular formula is C17H25N3O2. The summed E-state index contributed by atoms with van der Waals surface area (Å²) in [5.74, 6) is 5.97. The van der Waals surface area contributed by atoms with Gasteiger partial charge in [-0.25, -0.2) is 5.84 Å². The Bertz CT molecular complexity index is 608. The number of carbonyl (C=O) groups excluding carboxylic acids is 1. The van der Waals surface area contributed by atoms with Crippen molar-refractivity contribution in [2.75, 3.05) is 12.0 Å². The zero-order valence-electron chi connectivity index (χ0n) is 13.9. The summed E-state index contributed by atoms with van der Waals surface area (Å²) in [7, 11) is 1.65. The Kier molecular flexibility index (Phi) is 4.47. The molecule has 1 atom stereocenters. The minimum Gasteiger partial charge on any atom is -0.497 e. The fourth-order valence-corrected chi connectivity index (χ4v) is 3.31. The molecule has 5 heteroatoms. The van der Waals surface area contributed by atoms with E-state index >= 15 is 0 Å². The average molecular weight is 303 g/mol. The van der Waals surface area contributed by atoms with Crippen LogP contribution < -0.4 is 20.9 Å². The van der Waals surface area contributed by atoms with Crippen molar-refractivity contribution in [1.82, 2.24) is 5.43 Å². The molecule has 0 spiro atoms. The van der Waals surface area contributed by atoms with E-state index in [4.69, 9.17) is 10.6 Å². The van der Waals surface area contributed by atoms with Crippen molar-refractivity contribution in [3.05, 3.63) is 29.8 Å². The highest BCUT2D eigenvalue weighted by Gasteiger charge is 2.38. The highest BCUT2D eigenvalue weighted by Crippen LogP contribution is 2.42. The van der Waals surface area contributed by atoms with Gasteiger partial charge in [0.05, 0.1) is 12.6 Å². The number of carbonyl (C=O) groups is 1. The molecular weight excluding hydrogens is 278 g/mol. The number of hydrogen-bond acceptors (Lipinski definition) is 4. The summed E-state index contributed by atoms with van der Waals surface area (Å²) >= 11 is 0. The van der Waals surface area contributed by atoms with E-state index in [9.17, 15) is 4.79 Å². The summed E-state index contributed by atoms with van der Waals surface area (Å²) < 4.78 is 5.36. The van der Waals surface area contributed by atoms with Crippen LogP contribution in [-0.2, 0) is 4.79 Å². The van der Waals surface area contributed by atoms with Crippen molar-refractivity contribution in [1.29, 1.82) is 0 Å². The predicted octanol–water partition coefficient (Wildman–Crippen LogP) is 2.47. The van der Waals surface area contributed by atoms with Crippen molar-refractivity contribution < 1.29 is 9.53 Å². The quantitative estimate of drug-likeness (QED) is 0.509. The molecule has 1 heterocycles. The van der Waals surface area contributed by atoms with Crippen LogP contribution in [0.1, 0.15) is 39.7 Å². The monoisotopic (exact) mass is 303 g/mol. The standard InChI is InChI=1S/C17H25N3O2/c1-6-14(16(21)19-18)20-15-9-12(22-5)7-8-13(15)11(2)10-17(20,3)4/h7-10,14H,6,18H2,1-5H3,(H,19,21)/t14-/m1/s1. The van der Waals surface area contributed by atoms with Gasteiger partial charge in [0.1, 0.15) is 11.8 Å². The third kappa shape index (κ3) is 2.68. The van der Waals surface area contributed by atoms with Crippen LogP contribution in [0.25, 0.3) is 5.57 Å². The molecule has 3 N–H and O–H groups in total. The number of nitrogens with two attached hydrogens (primary N) is 1. The summed E-state index contributed by atoms with van der Waals surface area (Å²) in [6, 6.07) is 5.63. The van der Waals surface area contributed by atoms with Gasteiger partial charge in [-0.05, 0) is 44.9 Å². The van der Waals surface area contributed by atoms with E-state index in [0.717, 1.165) is 17.0 Å². The predicted molar refractivity (Wildman–Crippen MR) is 89.6 cm³/mol. The number of anilines is 1. The molecule has 0 saturated carbocycles. The smallest absolute Gasteiger partial charge is 0.256 e. The minimum absolute atomic E-state index is 0.183. The summed E-state index contributed by atoms with van der Waals surface area (Å²) in [5, 5.41) is 0.